The van der Waals surface area contributed by atoms with Gasteiger partial charge in [-0.3, -0.25) is 4.79 Å². The van der Waals surface area contributed by atoms with Crippen LogP contribution in [0.5, 0.6) is 0 Å². The molecule has 1 saturated heterocycles. The Morgan fingerprint density at radius 3 is 3.00 bits per heavy atom. The van der Waals surface area contributed by atoms with Gasteiger partial charge >= 0.3 is 0 Å². The Hall–Kier alpha value is -0.280. The Morgan fingerprint density at radius 1 is 1.71 bits per heavy atom. The fourth-order valence-corrected chi connectivity index (χ4v) is 1.69. The fraction of sp³-hybridized carbons (Fsp3) is 0.900. The van der Waals surface area contributed by atoms with Crippen LogP contribution in [0.1, 0.15) is 20.3 Å². The number of amides is 1. The van der Waals surface area contributed by atoms with E-state index in [0.29, 0.717) is 25.6 Å². The van der Waals surface area contributed by atoms with Crippen molar-refractivity contribution in [3.8, 4) is 0 Å². The lowest BCUT2D eigenvalue weighted by Gasteiger charge is -2.33. The van der Waals surface area contributed by atoms with Crippen molar-refractivity contribution < 1.29 is 9.53 Å². The van der Waals surface area contributed by atoms with Crippen LogP contribution in [0.15, 0.2) is 0 Å². The lowest BCUT2D eigenvalue weighted by molar-refractivity contribution is -0.141. The molecule has 1 amide bonds. The van der Waals surface area contributed by atoms with Gasteiger partial charge in [0.15, 0.2) is 0 Å². The highest BCUT2D eigenvalue weighted by Gasteiger charge is 2.25. The third kappa shape index (κ3) is 2.85. The quantitative estimate of drug-likeness (QED) is 0.674. The van der Waals surface area contributed by atoms with Crippen LogP contribution in [0.4, 0.5) is 0 Å². The Morgan fingerprint density at radius 2 is 2.43 bits per heavy atom. The molecule has 2 atom stereocenters. The number of hydrogen-bond acceptors (Lipinski definition) is 2. The first-order valence-electron chi connectivity index (χ1n) is 5.15. The number of hydrogen-bond donors (Lipinski definition) is 0. The zero-order chi connectivity index (χ0) is 10.6. The third-order valence-electron chi connectivity index (χ3n) is 2.66. The lowest BCUT2D eigenvalue weighted by atomic mass is 10.1. The second-order valence-corrected chi connectivity index (χ2v) is 4.05. The van der Waals surface area contributed by atoms with Crippen LogP contribution >= 0.6 is 11.6 Å². The molecule has 0 aromatic heterocycles. The molecule has 0 aromatic carbocycles. The summed E-state index contributed by atoms with van der Waals surface area (Å²) in [5.41, 5.74) is 0. The smallest absolute Gasteiger partial charge is 0.225 e. The van der Waals surface area contributed by atoms with Gasteiger partial charge in [0.1, 0.15) is 0 Å². The van der Waals surface area contributed by atoms with E-state index in [4.69, 9.17) is 16.3 Å². The molecule has 0 aromatic rings. The molecule has 3 nitrogen and oxygen atoms in total. The Balaban J connectivity index is 2.47. The molecule has 0 bridgehead atoms. The van der Waals surface area contributed by atoms with Crippen LogP contribution in [0, 0.1) is 5.92 Å². The number of carbonyl (C=O) groups excluding carboxylic acids is 1. The maximum atomic E-state index is 11.8. The molecular formula is C10H18ClNO2. The average Bonchev–Trinajstić information content (AvgIpc) is 2.27. The van der Waals surface area contributed by atoms with Crippen molar-refractivity contribution in [2.45, 2.75) is 26.4 Å². The predicted octanol–water partition coefficient (Wildman–Crippen LogP) is 1.50. The summed E-state index contributed by atoms with van der Waals surface area (Å²) in [6.45, 7) is 5.96. The normalized spacial score (nSPS) is 24.8. The highest BCUT2D eigenvalue weighted by Crippen LogP contribution is 2.12. The second kappa shape index (κ2) is 5.56. The van der Waals surface area contributed by atoms with Crippen LogP contribution in [0.25, 0.3) is 0 Å². The Kier molecular flexibility index (Phi) is 4.69. The summed E-state index contributed by atoms with van der Waals surface area (Å²) in [4.78, 5) is 13.7. The molecule has 0 spiro atoms. The molecule has 1 rings (SSSR count). The molecule has 4 heteroatoms. The van der Waals surface area contributed by atoms with E-state index in [1.165, 1.54) is 0 Å². The van der Waals surface area contributed by atoms with E-state index in [1.54, 1.807) is 0 Å². The Bertz CT molecular complexity index is 199. The number of carbonyl (C=O) groups is 1. The first-order valence-corrected chi connectivity index (χ1v) is 5.68. The van der Waals surface area contributed by atoms with E-state index >= 15 is 0 Å². The lowest BCUT2D eigenvalue weighted by Crippen LogP contribution is -2.47. The van der Waals surface area contributed by atoms with Crippen LogP contribution in [0.2, 0.25) is 0 Å². The maximum absolute atomic E-state index is 11.8. The summed E-state index contributed by atoms with van der Waals surface area (Å²) in [6, 6.07) is 0. The van der Waals surface area contributed by atoms with Crippen LogP contribution in [-0.2, 0) is 9.53 Å². The van der Waals surface area contributed by atoms with Gasteiger partial charge in [-0.05, 0) is 6.42 Å². The van der Waals surface area contributed by atoms with Gasteiger partial charge in [-0.15, -0.1) is 11.6 Å². The summed E-state index contributed by atoms with van der Waals surface area (Å²) < 4.78 is 5.40. The molecule has 14 heavy (non-hydrogen) atoms. The summed E-state index contributed by atoms with van der Waals surface area (Å²) >= 11 is 5.70. The first kappa shape index (κ1) is 11.8. The van der Waals surface area contributed by atoms with Crippen molar-refractivity contribution >= 4 is 17.5 Å². The van der Waals surface area contributed by atoms with E-state index in [-0.39, 0.29) is 17.9 Å². The van der Waals surface area contributed by atoms with E-state index in [2.05, 4.69) is 0 Å². The van der Waals surface area contributed by atoms with Crippen molar-refractivity contribution in [2.75, 3.05) is 25.6 Å². The van der Waals surface area contributed by atoms with Gasteiger partial charge in [-0.25, -0.2) is 0 Å². The van der Waals surface area contributed by atoms with Gasteiger partial charge < -0.3 is 9.64 Å². The molecule has 0 saturated carbocycles. The maximum Gasteiger partial charge on any atom is 0.225 e. The summed E-state index contributed by atoms with van der Waals surface area (Å²) in [7, 11) is 0. The van der Waals surface area contributed by atoms with E-state index in [0.717, 1.165) is 6.42 Å². The predicted molar refractivity (Wildman–Crippen MR) is 56.5 cm³/mol. The van der Waals surface area contributed by atoms with Crippen LogP contribution < -0.4 is 0 Å². The molecule has 1 aliphatic heterocycles. The van der Waals surface area contributed by atoms with Gasteiger partial charge in [0, 0.05) is 19.0 Å². The number of alkyl halides is 1. The summed E-state index contributed by atoms with van der Waals surface area (Å²) in [5, 5.41) is 0. The van der Waals surface area contributed by atoms with Crippen molar-refractivity contribution in [2.24, 2.45) is 5.92 Å². The molecule has 2 unspecified atom stereocenters. The molecule has 1 heterocycles. The minimum absolute atomic E-state index is 0.0124. The molecular weight excluding hydrogens is 202 g/mol. The molecule has 1 aliphatic rings. The molecule has 0 aliphatic carbocycles. The number of nitrogens with zero attached hydrogens (tertiary/aromatic N) is 1. The zero-order valence-electron chi connectivity index (χ0n) is 8.83. The SMILES string of the molecule is CCC(C)C(=O)N1CCOC(CCl)C1. The summed E-state index contributed by atoms with van der Waals surface area (Å²) in [6.07, 6.45) is 0.903. The van der Waals surface area contributed by atoms with Gasteiger partial charge in [0.2, 0.25) is 5.91 Å². The van der Waals surface area contributed by atoms with Gasteiger partial charge in [0.05, 0.1) is 18.6 Å². The third-order valence-corrected chi connectivity index (χ3v) is 3.00. The minimum atomic E-state index is 0.0124. The van der Waals surface area contributed by atoms with Gasteiger partial charge in [-0.2, -0.15) is 0 Å². The molecule has 0 N–H and O–H groups in total. The van der Waals surface area contributed by atoms with Crippen molar-refractivity contribution in [1.29, 1.82) is 0 Å². The summed E-state index contributed by atoms with van der Waals surface area (Å²) in [5.74, 6) is 0.805. The highest BCUT2D eigenvalue weighted by atomic mass is 35.5. The average molecular weight is 220 g/mol. The van der Waals surface area contributed by atoms with Gasteiger partial charge in [0.25, 0.3) is 0 Å². The topological polar surface area (TPSA) is 29.5 Å². The largest absolute Gasteiger partial charge is 0.373 e. The molecule has 82 valence electrons. The fourth-order valence-electron chi connectivity index (χ4n) is 1.50. The number of halogens is 1. The Labute approximate surface area is 90.4 Å². The van der Waals surface area contributed by atoms with Crippen molar-refractivity contribution in [1.82, 2.24) is 4.90 Å². The second-order valence-electron chi connectivity index (χ2n) is 3.74. The van der Waals surface area contributed by atoms with E-state index in [9.17, 15) is 4.79 Å². The number of ether oxygens (including phenoxy) is 1. The monoisotopic (exact) mass is 219 g/mol. The molecule has 0 radical (unpaired) electrons. The van der Waals surface area contributed by atoms with Gasteiger partial charge in [-0.1, -0.05) is 13.8 Å². The van der Waals surface area contributed by atoms with E-state index < -0.39 is 0 Å². The molecule has 1 fully saturated rings. The number of rotatable bonds is 3. The van der Waals surface area contributed by atoms with Crippen LogP contribution in [-0.4, -0.2) is 42.5 Å². The number of morpholine rings is 1. The van der Waals surface area contributed by atoms with Crippen molar-refractivity contribution in [3.63, 3.8) is 0 Å². The van der Waals surface area contributed by atoms with Crippen molar-refractivity contribution in [3.05, 3.63) is 0 Å². The van der Waals surface area contributed by atoms with Crippen LogP contribution in [0.3, 0.4) is 0 Å². The minimum Gasteiger partial charge on any atom is -0.373 e. The first-order chi connectivity index (χ1) is 6.69. The zero-order valence-corrected chi connectivity index (χ0v) is 9.59. The standard InChI is InChI=1S/C10H18ClNO2/c1-3-8(2)10(13)12-4-5-14-9(6-11)7-12/h8-9H,3-7H2,1-2H3. The van der Waals surface area contributed by atoms with E-state index in [1.807, 2.05) is 18.7 Å². The highest BCUT2D eigenvalue weighted by molar-refractivity contribution is 6.18.